The van der Waals surface area contributed by atoms with Crippen LogP contribution >= 0.6 is 12.4 Å². The number of nitrogens with zero attached hydrogens (tertiary/aromatic N) is 1. The maximum Gasteiger partial charge on any atom is 0.251 e. The average molecular weight is 220 g/mol. The number of allylic oxidation sites excluding steroid dienone is 1. The van der Waals surface area contributed by atoms with E-state index in [0.29, 0.717) is 6.54 Å². The second kappa shape index (κ2) is 3.55. The fourth-order valence-corrected chi connectivity index (χ4v) is 1.99. The minimum atomic E-state index is 0. The van der Waals surface area contributed by atoms with Gasteiger partial charge >= 0.3 is 0 Å². The Balaban J connectivity index is 0.000000853. The van der Waals surface area contributed by atoms with Gasteiger partial charge in [0.25, 0.3) is 5.56 Å². The molecule has 0 spiro atoms. The van der Waals surface area contributed by atoms with Crippen LogP contribution in [0.15, 0.2) is 41.2 Å². The lowest BCUT2D eigenvalue weighted by molar-refractivity contribution is 0.812. The minimum absolute atomic E-state index is 0. The predicted octanol–water partition coefficient (Wildman–Crippen LogP) is 2.45. The van der Waals surface area contributed by atoms with E-state index in [-0.39, 0.29) is 18.0 Å². The van der Waals surface area contributed by atoms with Crippen molar-refractivity contribution in [1.29, 1.82) is 0 Å². The van der Waals surface area contributed by atoms with Crippen molar-refractivity contribution in [2.24, 2.45) is 0 Å². The van der Waals surface area contributed by atoms with Gasteiger partial charge in [0.05, 0.1) is 5.52 Å². The Morgan fingerprint density at radius 2 is 2.00 bits per heavy atom. The van der Waals surface area contributed by atoms with Crippen molar-refractivity contribution in [2.75, 3.05) is 0 Å². The SMILES string of the molecule is Cl.O=c1ccc2cccc3c2n1CC=C3. The Kier molecular flexibility index (Phi) is 2.37. The van der Waals surface area contributed by atoms with Crippen molar-refractivity contribution in [2.45, 2.75) is 6.54 Å². The first-order valence-electron chi connectivity index (χ1n) is 4.65. The van der Waals surface area contributed by atoms with Gasteiger partial charge in [-0.2, -0.15) is 0 Å². The highest BCUT2D eigenvalue weighted by Crippen LogP contribution is 2.21. The summed E-state index contributed by atoms with van der Waals surface area (Å²) in [6.45, 7) is 0.688. The van der Waals surface area contributed by atoms with Crippen LogP contribution in [-0.2, 0) is 6.54 Å². The summed E-state index contributed by atoms with van der Waals surface area (Å²) in [6, 6.07) is 9.60. The summed E-state index contributed by atoms with van der Waals surface area (Å²) in [4.78, 5) is 11.6. The molecular weight excluding hydrogens is 210 g/mol. The molecule has 0 N–H and O–H groups in total. The molecule has 1 aliphatic heterocycles. The zero-order valence-corrected chi connectivity index (χ0v) is 8.83. The first-order chi connectivity index (χ1) is 6.86. The molecule has 3 heteroatoms. The Labute approximate surface area is 93.3 Å². The number of para-hydroxylation sites is 1. The summed E-state index contributed by atoms with van der Waals surface area (Å²) in [5.74, 6) is 0. The zero-order chi connectivity index (χ0) is 9.54. The molecule has 0 amide bonds. The standard InChI is InChI=1S/C12H9NO.ClH/c14-11-7-6-10-4-1-3-9-5-2-8-13(11)12(9)10;/h1-7H,8H2;1H. The van der Waals surface area contributed by atoms with Crippen molar-refractivity contribution >= 4 is 29.4 Å². The molecule has 0 radical (unpaired) electrons. The van der Waals surface area contributed by atoms with Crippen molar-refractivity contribution in [1.82, 2.24) is 4.57 Å². The van der Waals surface area contributed by atoms with Gasteiger partial charge in [-0.3, -0.25) is 4.79 Å². The molecule has 3 rings (SSSR count). The molecule has 15 heavy (non-hydrogen) atoms. The molecule has 76 valence electrons. The lowest BCUT2D eigenvalue weighted by atomic mass is 10.1. The van der Waals surface area contributed by atoms with Gasteiger partial charge in [0, 0.05) is 12.6 Å². The van der Waals surface area contributed by atoms with E-state index in [2.05, 4.69) is 6.08 Å². The lowest BCUT2D eigenvalue weighted by Crippen LogP contribution is -2.20. The zero-order valence-electron chi connectivity index (χ0n) is 8.01. The van der Waals surface area contributed by atoms with Crippen LogP contribution in [0.25, 0.3) is 17.0 Å². The molecule has 0 aliphatic carbocycles. The van der Waals surface area contributed by atoms with E-state index in [9.17, 15) is 4.79 Å². The van der Waals surface area contributed by atoms with Crippen LogP contribution in [0.5, 0.6) is 0 Å². The Bertz CT molecular complexity index is 598. The molecule has 0 bridgehead atoms. The summed E-state index contributed by atoms with van der Waals surface area (Å²) < 4.78 is 1.81. The van der Waals surface area contributed by atoms with E-state index in [0.717, 1.165) is 16.5 Å². The maximum absolute atomic E-state index is 11.6. The molecule has 1 aliphatic rings. The van der Waals surface area contributed by atoms with E-state index in [1.54, 1.807) is 6.07 Å². The number of pyridine rings is 1. The van der Waals surface area contributed by atoms with Gasteiger partial charge in [-0.15, -0.1) is 12.4 Å². The van der Waals surface area contributed by atoms with Crippen LogP contribution in [0.3, 0.4) is 0 Å². The summed E-state index contributed by atoms with van der Waals surface area (Å²) >= 11 is 0. The largest absolute Gasteiger partial charge is 0.304 e. The van der Waals surface area contributed by atoms with Crippen LogP contribution < -0.4 is 5.56 Å². The monoisotopic (exact) mass is 219 g/mol. The van der Waals surface area contributed by atoms with Crippen LogP contribution in [0.1, 0.15) is 5.56 Å². The molecule has 0 saturated carbocycles. The number of hydrogen-bond acceptors (Lipinski definition) is 1. The molecule has 0 atom stereocenters. The third-order valence-electron chi connectivity index (χ3n) is 2.63. The second-order valence-electron chi connectivity index (χ2n) is 3.47. The predicted molar refractivity (Wildman–Crippen MR) is 64.5 cm³/mol. The first kappa shape index (κ1) is 9.99. The summed E-state index contributed by atoms with van der Waals surface area (Å²) in [7, 11) is 0. The van der Waals surface area contributed by atoms with Gasteiger partial charge in [-0.05, 0) is 17.0 Å². The van der Waals surface area contributed by atoms with Crippen LogP contribution in [0.4, 0.5) is 0 Å². The van der Waals surface area contributed by atoms with Crippen LogP contribution in [-0.4, -0.2) is 4.57 Å². The Hall–Kier alpha value is -1.54. The lowest BCUT2D eigenvalue weighted by Gasteiger charge is -2.13. The van der Waals surface area contributed by atoms with E-state index < -0.39 is 0 Å². The molecule has 0 fully saturated rings. The smallest absolute Gasteiger partial charge is 0.251 e. The van der Waals surface area contributed by atoms with Gasteiger partial charge in [0.15, 0.2) is 0 Å². The second-order valence-corrected chi connectivity index (χ2v) is 3.47. The van der Waals surface area contributed by atoms with Crippen LogP contribution in [0.2, 0.25) is 0 Å². The topological polar surface area (TPSA) is 22.0 Å². The van der Waals surface area contributed by atoms with Gasteiger partial charge in [-0.1, -0.05) is 30.4 Å². The summed E-state index contributed by atoms with van der Waals surface area (Å²) in [6.07, 6.45) is 4.09. The van der Waals surface area contributed by atoms with E-state index >= 15 is 0 Å². The number of benzene rings is 1. The molecule has 0 saturated heterocycles. The van der Waals surface area contributed by atoms with Gasteiger partial charge in [0.1, 0.15) is 0 Å². The molecule has 1 aromatic heterocycles. The van der Waals surface area contributed by atoms with E-state index in [1.165, 1.54) is 0 Å². The summed E-state index contributed by atoms with van der Waals surface area (Å²) in [5, 5.41) is 1.13. The van der Waals surface area contributed by atoms with Gasteiger partial charge in [0.2, 0.25) is 0 Å². The minimum Gasteiger partial charge on any atom is -0.304 e. The molecular formula is C12H10ClNO. The third-order valence-corrected chi connectivity index (χ3v) is 2.63. The van der Waals surface area contributed by atoms with Crippen molar-refractivity contribution < 1.29 is 0 Å². The average Bonchev–Trinajstić information content (AvgIpc) is 2.24. The molecule has 2 heterocycles. The Morgan fingerprint density at radius 3 is 2.87 bits per heavy atom. The first-order valence-corrected chi connectivity index (χ1v) is 4.65. The van der Waals surface area contributed by atoms with Crippen molar-refractivity contribution in [3.05, 3.63) is 52.3 Å². The summed E-state index contributed by atoms with van der Waals surface area (Å²) in [5.41, 5.74) is 2.27. The number of hydrogen-bond donors (Lipinski definition) is 0. The van der Waals surface area contributed by atoms with Gasteiger partial charge in [-0.25, -0.2) is 0 Å². The highest BCUT2D eigenvalue weighted by Gasteiger charge is 2.07. The van der Waals surface area contributed by atoms with Gasteiger partial charge < -0.3 is 4.57 Å². The highest BCUT2D eigenvalue weighted by molar-refractivity contribution is 5.88. The highest BCUT2D eigenvalue weighted by atomic mass is 35.5. The fraction of sp³-hybridized carbons (Fsp3) is 0.0833. The quantitative estimate of drug-likeness (QED) is 0.667. The molecule has 2 aromatic rings. The van der Waals surface area contributed by atoms with Crippen molar-refractivity contribution in [3.8, 4) is 0 Å². The Morgan fingerprint density at radius 1 is 1.13 bits per heavy atom. The molecule has 1 aromatic carbocycles. The third kappa shape index (κ3) is 1.38. The number of aromatic nitrogens is 1. The van der Waals surface area contributed by atoms with Crippen LogP contribution in [0, 0.1) is 0 Å². The number of rotatable bonds is 0. The molecule has 0 unspecified atom stereocenters. The normalized spacial score (nSPS) is 12.5. The van der Waals surface area contributed by atoms with E-state index in [4.69, 9.17) is 0 Å². The molecule has 2 nitrogen and oxygen atoms in total. The van der Waals surface area contributed by atoms with Crippen molar-refractivity contribution in [3.63, 3.8) is 0 Å². The maximum atomic E-state index is 11.6. The number of halogens is 1. The van der Waals surface area contributed by atoms with E-state index in [1.807, 2.05) is 34.9 Å². The fourth-order valence-electron chi connectivity index (χ4n) is 1.99.